The van der Waals surface area contributed by atoms with Crippen LogP contribution in [0, 0.1) is 0 Å². The van der Waals surface area contributed by atoms with Crippen molar-refractivity contribution in [2.24, 2.45) is 0 Å². The molecule has 0 unspecified atom stereocenters. The van der Waals surface area contributed by atoms with Crippen LogP contribution in [0.3, 0.4) is 0 Å². The SMILES string of the molecule is CCCCCCCCNC[C@@H](O)[C@@H](O)[C@H](O)[C@H](O)CO. The highest BCUT2D eigenvalue weighted by Gasteiger charge is 2.29. The van der Waals surface area contributed by atoms with Crippen LogP contribution < -0.4 is 5.32 Å². The molecule has 0 aliphatic carbocycles. The van der Waals surface area contributed by atoms with E-state index in [0.29, 0.717) is 0 Å². The first-order valence-corrected chi connectivity index (χ1v) is 7.58. The lowest BCUT2D eigenvalue weighted by atomic mass is 10.0. The van der Waals surface area contributed by atoms with Gasteiger partial charge >= 0.3 is 0 Å². The predicted molar refractivity (Wildman–Crippen MR) is 77.4 cm³/mol. The zero-order chi connectivity index (χ0) is 15.4. The summed E-state index contributed by atoms with van der Waals surface area (Å²) >= 11 is 0. The minimum absolute atomic E-state index is 0.144. The van der Waals surface area contributed by atoms with Gasteiger partial charge in [0.1, 0.15) is 18.3 Å². The number of nitrogens with one attached hydrogen (secondary N) is 1. The van der Waals surface area contributed by atoms with Crippen molar-refractivity contribution in [3.63, 3.8) is 0 Å². The first-order valence-electron chi connectivity index (χ1n) is 7.58. The van der Waals surface area contributed by atoms with E-state index in [4.69, 9.17) is 10.2 Å². The molecule has 6 heteroatoms. The normalized spacial score (nSPS) is 17.7. The minimum atomic E-state index is -1.55. The van der Waals surface area contributed by atoms with Crippen LogP contribution in [0.4, 0.5) is 0 Å². The molecule has 0 aliphatic rings. The van der Waals surface area contributed by atoms with E-state index in [1.165, 1.54) is 25.7 Å². The van der Waals surface area contributed by atoms with Gasteiger partial charge < -0.3 is 30.8 Å². The Morgan fingerprint density at radius 3 is 1.95 bits per heavy atom. The van der Waals surface area contributed by atoms with Crippen molar-refractivity contribution in [2.45, 2.75) is 69.9 Å². The summed E-state index contributed by atoms with van der Waals surface area (Å²) in [5.41, 5.74) is 0. The standard InChI is InChI=1S/C14H31NO5/c1-2-3-4-5-6-7-8-15-9-11(17)13(19)14(20)12(18)10-16/h11-20H,2-10H2,1H3/t11-,12-,13-,14-/m1/s1. The highest BCUT2D eigenvalue weighted by molar-refractivity contribution is 4.81. The molecule has 122 valence electrons. The Hall–Kier alpha value is -0.240. The van der Waals surface area contributed by atoms with E-state index in [-0.39, 0.29) is 6.54 Å². The van der Waals surface area contributed by atoms with Gasteiger partial charge in [-0.1, -0.05) is 39.0 Å². The maximum atomic E-state index is 9.64. The second-order valence-electron chi connectivity index (χ2n) is 5.27. The maximum absolute atomic E-state index is 9.64. The smallest absolute Gasteiger partial charge is 0.111 e. The van der Waals surface area contributed by atoms with Gasteiger partial charge in [0.2, 0.25) is 0 Å². The van der Waals surface area contributed by atoms with Crippen molar-refractivity contribution >= 4 is 0 Å². The Balaban J connectivity index is 3.59. The fraction of sp³-hybridized carbons (Fsp3) is 1.00. The molecular weight excluding hydrogens is 262 g/mol. The van der Waals surface area contributed by atoms with Gasteiger partial charge in [-0.3, -0.25) is 0 Å². The van der Waals surface area contributed by atoms with Gasteiger partial charge in [-0.05, 0) is 13.0 Å². The Kier molecular flexibility index (Phi) is 12.3. The van der Waals surface area contributed by atoms with Crippen LogP contribution in [-0.2, 0) is 0 Å². The second kappa shape index (κ2) is 12.5. The summed E-state index contributed by atoms with van der Waals surface area (Å²) in [7, 11) is 0. The van der Waals surface area contributed by atoms with Gasteiger partial charge in [0.05, 0.1) is 12.7 Å². The van der Waals surface area contributed by atoms with Crippen LogP contribution >= 0.6 is 0 Å². The van der Waals surface area contributed by atoms with Crippen molar-refractivity contribution in [2.75, 3.05) is 19.7 Å². The topological polar surface area (TPSA) is 113 Å². The first kappa shape index (κ1) is 19.8. The summed E-state index contributed by atoms with van der Waals surface area (Å²) < 4.78 is 0. The van der Waals surface area contributed by atoms with E-state index in [9.17, 15) is 15.3 Å². The van der Waals surface area contributed by atoms with E-state index >= 15 is 0 Å². The predicted octanol–water partition coefficient (Wildman–Crippen LogP) is -0.628. The zero-order valence-electron chi connectivity index (χ0n) is 12.4. The summed E-state index contributed by atoms with van der Waals surface area (Å²) in [6, 6.07) is 0. The molecule has 0 aromatic heterocycles. The zero-order valence-corrected chi connectivity index (χ0v) is 12.4. The van der Waals surface area contributed by atoms with Gasteiger partial charge in [-0.2, -0.15) is 0 Å². The molecule has 6 N–H and O–H groups in total. The quantitative estimate of drug-likeness (QED) is 0.252. The molecule has 0 aromatic carbocycles. The Morgan fingerprint density at radius 2 is 1.35 bits per heavy atom. The number of hydrogen-bond acceptors (Lipinski definition) is 6. The van der Waals surface area contributed by atoms with Crippen molar-refractivity contribution in [3.05, 3.63) is 0 Å². The van der Waals surface area contributed by atoms with E-state index in [1.54, 1.807) is 0 Å². The van der Waals surface area contributed by atoms with Crippen molar-refractivity contribution in [1.29, 1.82) is 0 Å². The molecule has 0 fully saturated rings. The van der Waals surface area contributed by atoms with Crippen LogP contribution in [0.25, 0.3) is 0 Å². The van der Waals surface area contributed by atoms with E-state index in [1.807, 2.05) is 0 Å². The van der Waals surface area contributed by atoms with Crippen LogP contribution in [0.5, 0.6) is 0 Å². The Morgan fingerprint density at radius 1 is 0.800 bits per heavy atom. The highest BCUT2D eigenvalue weighted by atomic mass is 16.4. The van der Waals surface area contributed by atoms with Crippen molar-refractivity contribution in [1.82, 2.24) is 5.32 Å². The fourth-order valence-corrected chi connectivity index (χ4v) is 1.96. The fourth-order valence-electron chi connectivity index (χ4n) is 1.96. The summed E-state index contributed by atoms with van der Waals surface area (Å²) in [4.78, 5) is 0. The third-order valence-electron chi connectivity index (χ3n) is 3.39. The van der Waals surface area contributed by atoms with Gasteiger partial charge in [-0.15, -0.1) is 0 Å². The number of hydrogen-bond donors (Lipinski definition) is 6. The van der Waals surface area contributed by atoms with Crippen molar-refractivity contribution < 1.29 is 25.5 Å². The average Bonchev–Trinajstić information content (AvgIpc) is 2.47. The molecule has 0 heterocycles. The Labute approximate surface area is 121 Å². The van der Waals surface area contributed by atoms with Crippen LogP contribution in [-0.4, -0.2) is 69.6 Å². The lowest BCUT2D eigenvalue weighted by molar-refractivity contribution is -0.113. The van der Waals surface area contributed by atoms with E-state index in [0.717, 1.165) is 19.4 Å². The third kappa shape index (κ3) is 8.84. The summed E-state index contributed by atoms with van der Waals surface area (Å²) in [5.74, 6) is 0. The lowest BCUT2D eigenvalue weighted by Crippen LogP contribution is -2.49. The van der Waals surface area contributed by atoms with Crippen LogP contribution in [0.1, 0.15) is 45.4 Å². The monoisotopic (exact) mass is 293 g/mol. The van der Waals surface area contributed by atoms with Gasteiger partial charge in [0, 0.05) is 6.54 Å². The molecule has 20 heavy (non-hydrogen) atoms. The molecule has 0 aromatic rings. The van der Waals surface area contributed by atoms with Gasteiger partial charge in [0.15, 0.2) is 0 Å². The molecule has 6 nitrogen and oxygen atoms in total. The lowest BCUT2D eigenvalue weighted by Gasteiger charge is -2.25. The molecular formula is C14H31NO5. The highest BCUT2D eigenvalue weighted by Crippen LogP contribution is 2.06. The number of unbranched alkanes of at least 4 members (excludes halogenated alkanes) is 5. The van der Waals surface area contributed by atoms with E-state index in [2.05, 4.69) is 12.2 Å². The molecule has 0 aliphatic heterocycles. The molecule has 0 saturated carbocycles. The Bertz CT molecular complexity index is 218. The molecule has 0 bridgehead atoms. The molecule has 0 rings (SSSR count). The number of aliphatic hydroxyl groups excluding tert-OH is 5. The summed E-state index contributed by atoms with van der Waals surface area (Å²) in [6.45, 7) is 2.41. The van der Waals surface area contributed by atoms with Crippen LogP contribution in [0.15, 0.2) is 0 Å². The van der Waals surface area contributed by atoms with Gasteiger partial charge in [-0.25, -0.2) is 0 Å². The first-order chi connectivity index (χ1) is 9.54. The summed E-state index contributed by atoms with van der Waals surface area (Å²) in [6.07, 6.45) is 1.45. The number of aliphatic hydroxyl groups is 5. The molecule has 4 atom stereocenters. The molecule has 0 amide bonds. The third-order valence-corrected chi connectivity index (χ3v) is 3.39. The maximum Gasteiger partial charge on any atom is 0.111 e. The van der Waals surface area contributed by atoms with E-state index < -0.39 is 31.0 Å². The molecule has 0 saturated heterocycles. The van der Waals surface area contributed by atoms with Gasteiger partial charge in [0.25, 0.3) is 0 Å². The largest absolute Gasteiger partial charge is 0.394 e. The molecule has 0 spiro atoms. The minimum Gasteiger partial charge on any atom is -0.394 e. The average molecular weight is 293 g/mol. The second-order valence-corrected chi connectivity index (χ2v) is 5.27. The van der Waals surface area contributed by atoms with Crippen molar-refractivity contribution in [3.8, 4) is 0 Å². The molecule has 0 radical (unpaired) electrons. The van der Waals surface area contributed by atoms with Crippen LogP contribution in [0.2, 0.25) is 0 Å². The number of rotatable bonds is 13. The summed E-state index contributed by atoms with van der Waals surface area (Å²) in [5, 5.41) is 49.5.